The predicted molar refractivity (Wildman–Crippen MR) is 615 cm³/mol. The first-order valence-corrected chi connectivity index (χ1v) is 53.0. The van der Waals surface area contributed by atoms with E-state index in [1.54, 1.807) is 13.3 Å². The van der Waals surface area contributed by atoms with E-state index < -0.39 is 19.5 Å². The second-order valence-corrected chi connectivity index (χ2v) is 41.9. The average Bonchev–Trinajstić information content (AvgIpc) is 0.746. The van der Waals surface area contributed by atoms with Crippen molar-refractivity contribution in [1.82, 2.24) is 54.8 Å². The van der Waals surface area contributed by atoms with Crippen molar-refractivity contribution in [2.45, 2.75) is 35.6 Å². The number of halogens is 5. The van der Waals surface area contributed by atoms with Crippen molar-refractivity contribution in [1.29, 1.82) is 0 Å². The number of hydrogen-bond donors (Lipinski definition) is 0. The summed E-state index contributed by atoms with van der Waals surface area (Å²) in [6.07, 6.45) is 12.1. The molecule has 25 aromatic rings. The number of para-hydroxylation sites is 5. The molecule has 145 heavy (non-hydrogen) atoms. The van der Waals surface area contributed by atoms with Crippen molar-refractivity contribution in [2.75, 3.05) is 7.11 Å². The molecular weight excluding hydrogens is 2010 g/mol. The maximum absolute atomic E-state index is 5.13. The van der Waals surface area contributed by atoms with E-state index in [9.17, 15) is 0 Å². The number of methoxy groups -OCH3 is 1. The first-order valence-electron chi connectivity index (χ1n) is 47.3. The first kappa shape index (κ1) is 101. The standard InChI is InChI=1S/C28H23NP.C23H17N3.C23H15N3.C18H15P.C13H10N2O.C10H8BrN.C10H9N.CHCl3.BrH/c1-4-13-25(14-5-1)30(26-15-6-2-7-16-26,27-17-8-3-9-18-27)22-24-21-20-23-12-10-11-19-28(23)29-24;2*1-2-6-21-16(4-1)9-11-19(25-21)13-14-20-12-10-18-8-7-17-5-3-15-24-22(17)23(18)26-20;1-4-10-16(11-5-1)19(17-12-6-2-7-13-17)18-14-8-3-9-15-18;1-16-11-7-6-10-5-4-9-3-2-8-14-12(9)13(10)15-11;11-7-9-6-5-8-3-1-2-4-10(8)12-9;1-8-6-7-9-4-2-3-5-10(9)11-8;2-1(3)4;/h1-21H,22H2;1-12,15H,13-14H2;1-15H;1-15H;2-8H,1H3;1-6H,7H2;2-7H,1H3;1H;1H/q+1;;;;;;;;/p-1/b;;14-13+;;;;;;. The molecule has 0 saturated heterocycles. The van der Waals surface area contributed by atoms with Gasteiger partial charge in [0.15, 0.2) is 4.30 Å². The van der Waals surface area contributed by atoms with Gasteiger partial charge in [0.25, 0.3) is 0 Å². The number of ether oxygens (including phenoxy) is 1. The number of nitrogens with zero attached hydrogens (tertiary/aromatic N) is 11. The molecule has 14 aromatic carbocycles. The second kappa shape index (κ2) is 50.7. The first-order chi connectivity index (χ1) is 70.9. The molecule has 0 spiro atoms. The van der Waals surface area contributed by atoms with Gasteiger partial charge in [-0.3, -0.25) is 34.9 Å². The monoisotopic (exact) mass is 2110 g/mol. The summed E-state index contributed by atoms with van der Waals surface area (Å²) in [4.78, 5) is 50.9. The van der Waals surface area contributed by atoms with Crippen LogP contribution in [-0.2, 0) is 24.3 Å². The molecule has 25 rings (SSSR count). The lowest BCUT2D eigenvalue weighted by molar-refractivity contribution is -0.0000280. The molecule has 0 aliphatic rings. The molecular formula is C126H98Br2Cl3N11OP2. The van der Waals surface area contributed by atoms with Crippen LogP contribution in [0.15, 0.2) is 492 Å². The minimum Gasteiger partial charge on any atom is -1.00 e. The quantitative estimate of drug-likeness (QED) is 0.0546. The third-order valence-electron chi connectivity index (χ3n) is 24.1. The number of benzene rings is 14. The molecule has 0 atom stereocenters. The Hall–Kier alpha value is -15.2. The van der Waals surface area contributed by atoms with Crippen molar-refractivity contribution in [3.63, 3.8) is 0 Å². The van der Waals surface area contributed by atoms with Crippen molar-refractivity contribution < 1.29 is 21.7 Å². The molecule has 0 saturated carbocycles. The zero-order valence-electron chi connectivity index (χ0n) is 79.4. The Balaban J connectivity index is 0.000000118. The van der Waals surface area contributed by atoms with E-state index in [2.05, 4.69) is 391 Å². The number of alkyl halides is 4. The highest BCUT2D eigenvalue weighted by molar-refractivity contribution is 9.08. The summed E-state index contributed by atoms with van der Waals surface area (Å²) in [5.41, 5.74) is 18.1. The Morgan fingerprint density at radius 3 is 0.952 bits per heavy atom. The van der Waals surface area contributed by atoms with Crippen LogP contribution in [0.1, 0.15) is 39.9 Å². The predicted octanol–water partition coefficient (Wildman–Crippen LogP) is 27.2. The average molecular weight is 2110 g/mol. The van der Waals surface area contributed by atoms with E-state index in [0.717, 1.165) is 163 Å². The van der Waals surface area contributed by atoms with Crippen LogP contribution in [0.4, 0.5) is 0 Å². The summed E-state index contributed by atoms with van der Waals surface area (Å²) in [5, 5.41) is 21.7. The molecule has 11 heterocycles. The maximum Gasteiger partial charge on any atom is 0.213 e. The number of pyridine rings is 11. The van der Waals surface area contributed by atoms with Gasteiger partial charge in [0, 0.05) is 106 Å². The normalized spacial score (nSPS) is 11.0. The summed E-state index contributed by atoms with van der Waals surface area (Å²) >= 11 is 17.8. The van der Waals surface area contributed by atoms with E-state index in [-0.39, 0.29) is 17.0 Å². The van der Waals surface area contributed by atoms with Gasteiger partial charge in [-0.25, -0.2) is 19.9 Å². The third-order valence-corrected chi connectivity index (χ3v) is 31.5. The van der Waals surface area contributed by atoms with Crippen LogP contribution in [0, 0.1) is 6.92 Å². The van der Waals surface area contributed by atoms with Crippen molar-refractivity contribution in [2.24, 2.45) is 0 Å². The zero-order chi connectivity index (χ0) is 98.4. The SMILES string of the molecule is BrCc1ccc2ccccc2n1.C(=C\c1ccc2ccc3cccnc3c2n1)/c1ccc2ccccc2n1.COc1ccc2ccc3cccnc3c2n1.Cc1ccc2ccccc2n1.ClC(Cl)Cl.[Br-].c1ccc(P(c2ccccc2)c2ccccc2)cc1.c1ccc([P+](Cc2ccc3ccccc3n2)(c2ccccc2)c2ccccc2)cc1.c1ccc2nc(CCc3ccc4ccc5cccnc5c4n3)ccc2c1. The van der Waals surface area contributed by atoms with Crippen molar-refractivity contribution in [3.05, 3.63) is 532 Å². The highest BCUT2D eigenvalue weighted by Gasteiger charge is 2.46. The number of aryl methyl sites for hydroxylation is 3. The summed E-state index contributed by atoms with van der Waals surface area (Å²) in [6.45, 7) is 2.01. The van der Waals surface area contributed by atoms with Gasteiger partial charge in [0.05, 0.1) is 85.1 Å². The molecule has 12 nitrogen and oxygen atoms in total. The van der Waals surface area contributed by atoms with Crippen LogP contribution in [0.25, 0.3) is 132 Å². The fourth-order valence-electron chi connectivity index (χ4n) is 17.1. The van der Waals surface area contributed by atoms with E-state index in [1.165, 1.54) is 53.4 Å². The Labute approximate surface area is 879 Å². The zero-order valence-corrected chi connectivity index (χ0v) is 86.7. The van der Waals surface area contributed by atoms with Gasteiger partial charge in [0.2, 0.25) is 5.88 Å². The maximum atomic E-state index is 5.13. The molecule has 0 radical (unpaired) electrons. The molecule has 0 aliphatic carbocycles. The van der Waals surface area contributed by atoms with Gasteiger partial charge in [-0.2, -0.15) is 0 Å². The van der Waals surface area contributed by atoms with Crippen molar-refractivity contribution >= 4 is 230 Å². The Kier molecular flexibility index (Phi) is 35.4. The highest BCUT2D eigenvalue weighted by Crippen LogP contribution is 2.58. The number of aromatic nitrogens is 11. The van der Waals surface area contributed by atoms with Gasteiger partial charge in [0.1, 0.15) is 34.9 Å². The number of hydrogen-bond acceptors (Lipinski definition) is 12. The minimum atomic E-state index is -1.92. The summed E-state index contributed by atoms with van der Waals surface area (Å²) in [5.74, 6) is 0.616. The largest absolute Gasteiger partial charge is 1.00 e. The lowest BCUT2D eigenvalue weighted by Crippen LogP contribution is -3.00. The molecule has 0 amide bonds. The molecule has 0 fully saturated rings. The number of fused-ring (bicyclic) bond motifs is 14. The topological polar surface area (TPSA) is 151 Å². The van der Waals surface area contributed by atoms with Crippen LogP contribution >= 0.6 is 65.9 Å². The molecule has 11 aromatic heterocycles. The van der Waals surface area contributed by atoms with E-state index in [1.807, 2.05) is 165 Å². The number of rotatable bonds is 15. The molecule has 0 aliphatic heterocycles. The highest BCUT2D eigenvalue weighted by atomic mass is 79.9. The Bertz CT molecular complexity index is 8460. The van der Waals surface area contributed by atoms with E-state index in [4.69, 9.17) is 59.5 Å². The summed E-state index contributed by atoms with van der Waals surface area (Å²) in [6, 6.07) is 164. The van der Waals surface area contributed by atoms with Crippen LogP contribution in [0.2, 0.25) is 0 Å². The van der Waals surface area contributed by atoms with Gasteiger partial charge in [-0.1, -0.05) is 384 Å². The summed E-state index contributed by atoms with van der Waals surface area (Å²) in [7, 11) is -0.744. The van der Waals surface area contributed by atoms with E-state index in [0.29, 0.717) is 5.88 Å². The van der Waals surface area contributed by atoms with E-state index >= 15 is 0 Å². The lowest BCUT2D eigenvalue weighted by atomic mass is 10.1. The Morgan fingerprint density at radius 1 is 0.269 bits per heavy atom. The van der Waals surface area contributed by atoms with Crippen LogP contribution in [0.5, 0.6) is 5.88 Å². The Morgan fingerprint density at radius 2 is 0.545 bits per heavy atom. The molecule has 19 heteroatoms. The molecule has 0 bridgehead atoms. The fourth-order valence-corrected chi connectivity index (χ4v) is 23.9. The van der Waals surface area contributed by atoms with Gasteiger partial charge in [-0.05, 0) is 189 Å². The molecule has 0 unspecified atom stereocenters. The van der Waals surface area contributed by atoms with Gasteiger partial charge in [-0.15, -0.1) is 0 Å². The molecule has 708 valence electrons. The van der Waals surface area contributed by atoms with Crippen LogP contribution < -0.4 is 53.5 Å². The third kappa shape index (κ3) is 26.3. The van der Waals surface area contributed by atoms with Gasteiger partial charge >= 0.3 is 0 Å². The smallest absolute Gasteiger partial charge is 0.213 e. The van der Waals surface area contributed by atoms with Crippen LogP contribution in [-0.4, -0.2) is 66.2 Å². The lowest BCUT2D eigenvalue weighted by Gasteiger charge is -2.27. The minimum absolute atomic E-state index is 0. The fraction of sp³-hybridized carbons (Fsp3) is 0.0556. The second-order valence-electron chi connectivity index (χ2n) is 33.6. The van der Waals surface area contributed by atoms with Crippen LogP contribution in [0.3, 0.4) is 0 Å². The van der Waals surface area contributed by atoms with Crippen molar-refractivity contribution in [3.8, 4) is 5.88 Å². The molecule has 0 N–H and O–H groups in total. The van der Waals surface area contributed by atoms with Gasteiger partial charge < -0.3 is 21.7 Å². The summed E-state index contributed by atoms with van der Waals surface area (Å²) < 4.78 is 4.38.